The van der Waals surface area contributed by atoms with Crippen molar-refractivity contribution in [1.82, 2.24) is 0 Å². The van der Waals surface area contributed by atoms with Gasteiger partial charge in [-0.15, -0.1) is 0 Å². The average Bonchev–Trinajstić information content (AvgIpc) is 2.29. The van der Waals surface area contributed by atoms with Gasteiger partial charge in [0.2, 0.25) is 5.90 Å². The number of unbranched alkanes of at least 4 members (excludes halogenated alkanes) is 1. The molecular formula is C14H26Cl3NO2Si. The Morgan fingerprint density at radius 3 is 2.19 bits per heavy atom. The zero-order chi connectivity index (χ0) is 16.7. The smallest absolute Gasteiger partial charge is 0.265 e. The van der Waals surface area contributed by atoms with Gasteiger partial charge < -0.3 is 9.16 Å². The second kappa shape index (κ2) is 8.78. The highest BCUT2D eigenvalue weighted by atomic mass is 35.6. The molecule has 0 spiro atoms. The molecule has 0 aliphatic carbocycles. The Bertz CT molecular complexity index is 360. The first-order valence-corrected chi connectivity index (χ1v) is 11.0. The minimum atomic E-state index is -1.79. The van der Waals surface area contributed by atoms with Gasteiger partial charge in [-0.2, -0.15) is 0 Å². The molecule has 21 heavy (non-hydrogen) atoms. The molecule has 0 fully saturated rings. The van der Waals surface area contributed by atoms with Crippen LogP contribution < -0.4 is 0 Å². The topological polar surface area (TPSA) is 42.3 Å². The predicted molar refractivity (Wildman–Crippen MR) is 95.5 cm³/mol. The predicted octanol–water partition coefficient (Wildman–Crippen LogP) is 5.71. The van der Waals surface area contributed by atoms with Gasteiger partial charge in [-0.1, -0.05) is 67.7 Å². The van der Waals surface area contributed by atoms with Gasteiger partial charge in [0.25, 0.3) is 3.79 Å². The van der Waals surface area contributed by atoms with E-state index in [1.807, 2.05) is 12.2 Å². The largest absolute Gasteiger partial charge is 0.474 e. The Balaban J connectivity index is 3.78. The summed E-state index contributed by atoms with van der Waals surface area (Å²) in [6.07, 6.45) is 5.67. The molecule has 0 rings (SSSR count). The summed E-state index contributed by atoms with van der Waals surface area (Å²) < 4.78 is 9.27. The molecular weight excluding hydrogens is 349 g/mol. The van der Waals surface area contributed by atoms with Gasteiger partial charge in [0, 0.05) is 6.61 Å². The molecule has 0 aliphatic rings. The molecule has 7 heteroatoms. The van der Waals surface area contributed by atoms with Gasteiger partial charge >= 0.3 is 0 Å². The van der Waals surface area contributed by atoms with Gasteiger partial charge in [-0.05, 0) is 31.0 Å². The Labute approximate surface area is 144 Å². The van der Waals surface area contributed by atoms with E-state index in [1.54, 1.807) is 0 Å². The van der Waals surface area contributed by atoms with Crippen molar-refractivity contribution in [3.63, 3.8) is 0 Å². The molecule has 0 heterocycles. The van der Waals surface area contributed by atoms with E-state index in [1.165, 1.54) is 0 Å². The second-order valence-corrected chi connectivity index (χ2v) is 13.5. The maximum atomic E-state index is 7.35. The van der Waals surface area contributed by atoms with Crippen molar-refractivity contribution in [2.24, 2.45) is 0 Å². The Morgan fingerprint density at radius 2 is 1.71 bits per heavy atom. The van der Waals surface area contributed by atoms with Gasteiger partial charge in [-0.25, -0.2) is 0 Å². The fraction of sp³-hybridized carbons (Fsp3) is 0.786. The van der Waals surface area contributed by atoms with Gasteiger partial charge in [-0.3, -0.25) is 5.41 Å². The number of allylic oxidation sites excluding steroid dienone is 1. The lowest BCUT2D eigenvalue weighted by Crippen LogP contribution is -2.40. The summed E-state index contributed by atoms with van der Waals surface area (Å²) in [5.74, 6) is -0.363. The summed E-state index contributed by atoms with van der Waals surface area (Å²) in [5, 5.41) is 7.59. The molecule has 1 N–H and O–H groups in total. The minimum Gasteiger partial charge on any atom is -0.474 e. The van der Waals surface area contributed by atoms with Crippen LogP contribution in [0.3, 0.4) is 0 Å². The lowest BCUT2D eigenvalue weighted by molar-refractivity contribution is 0.283. The molecule has 3 nitrogen and oxygen atoms in total. The fourth-order valence-corrected chi connectivity index (χ4v) is 2.40. The van der Waals surface area contributed by atoms with Crippen molar-refractivity contribution in [3.8, 4) is 0 Å². The molecule has 0 amide bonds. The molecule has 0 bridgehead atoms. The molecule has 0 radical (unpaired) electrons. The molecule has 124 valence electrons. The number of hydrogen-bond donors (Lipinski definition) is 1. The first-order chi connectivity index (χ1) is 9.38. The third-order valence-corrected chi connectivity index (χ3v) is 8.59. The van der Waals surface area contributed by atoms with Gasteiger partial charge in [0.1, 0.15) is 6.61 Å². The van der Waals surface area contributed by atoms with Crippen LogP contribution in [0.4, 0.5) is 0 Å². The van der Waals surface area contributed by atoms with Crippen LogP contribution in [0.25, 0.3) is 0 Å². The molecule has 0 aromatic carbocycles. The second-order valence-electron chi connectivity index (χ2n) is 6.36. The van der Waals surface area contributed by atoms with Crippen LogP contribution in [0.15, 0.2) is 12.2 Å². The van der Waals surface area contributed by atoms with E-state index in [0.29, 0.717) is 0 Å². The Kier molecular flexibility index (Phi) is 8.88. The number of nitrogens with one attached hydrogen (secondary N) is 1. The van der Waals surface area contributed by atoms with Crippen molar-refractivity contribution in [2.45, 2.75) is 55.5 Å². The summed E-state index contributed by atoms with van der Waals surface area (Å²) >= 11 is 16.5. The minimum absolute atomic E-state index is 0.232. The molecule has 0 saturated carbocycles. The first-order valence-electron chi connectivity index (χ1n) is 6.95. The van der Waals surface area contributed by atoms with E-state index >= 15 is 0 Å². The summed E-state index contributed by atoms with van der Waals surface area (Å²) in [7, 11) is -1.64. The quantitative estimate of drug-likeness (QED) is 0.155. The lowest BCUT2D eigenvalue weighted by atomic mass is 10.2. The highest BCUT2D eigenvalue weighted by molar-refractivity contribution is 6.76. The van der Waals surface area contributed by atoms with Crippen molar-refractivity contribution in [3.05, 3.63) is 12.2 Å². The summed E-state index contributed by atoms with van der Waals surface area (Å²) in [6, 6.07) is 0. The molecule has 0 saturated heterocycles. The summed E-state index contributed by atoms with van der Waals surface area (Å²) in [6.45, 7) is 12.2. The molecule has 0 aromatic rings. The van der Waals surface area contributed by atoms with Gasteiger partial charge in [0.15, 0.2) is 8.32 Å². The van der Waals surface area contributed by atoms with Gasteiger partial charge in [0.05, 0.1) is 0 Å². The normalized spacial score (nSPS) is 13.7. The highest BCUT2D eigenvalue weighted by Crippen LogP contribution is 2.36. The first kappa shape index (κ1) is 21.3. The SMILES string of the molecule is CC(C)(C)[Si](C)(C)OCCC/C=C\COC(=N)C(Cl)(Cl)Cl. The van der Waals surface area contributed by atoms with Crippen LogP contribution in [0.5, 0.6) is 0 Å². The molecule has 0 atom stereocenters. The third-order valence-electron chi connectivity index (χ3n) is 3.53. The zero-order valence-corrected chi connectivity index (χ0v) is 16.7. The van der Waals surface area contributed by atoms with E-state index < -0.39 is 12.1 Å². The van der Waals surface area contributed by atoms with Crippen molar-refractivity contribution in [2.75, 3.05) is 13.2 Å². The van der Waals surface area contributed by atoms with Crippen molar-refractivity contribution < 1.29 is 9.16 Å². The van der Waals surface area contributed by atoms with Crippen LogP contribution in [0.2, 0.25) is 18.1 Å². The highest BCUT2D eigenvalue weighted by Gasteiger charge is 2.36. The van der Waals surface area contributed by atoms with Crippen LogP contribution in [0.1, 0.15) is 33.6 Å². The van der Waals surface area contributed by atoms with Crippen LogP contribution in [-0.2, 0) is 9.16 Å². The number of ether oxygens (including phenoxy) is 1. The number of hydrogen-bond acceptors (Lipinski definition) is 3. The molecule has 0 unspecified atom stereocenters. The molecule has 0 aliphatic heterocycles. The summed E-state index contributed by atoms with van der Waals surface area (Å²) in [5.41, 5.74) is 0. The van der Waals surface area contributed by atoms with E-state index in [2.05, 4.69) is 33.9 Å². The van der Waals surface area contributed by atoms with E-state index in [9.17, 15) is 0 Å². The third kappa shape index (κ3) is 9.09. The van der Waals surface area contributed by atoms with E-state index in [0.717, 1.165) is 19.4 Å². The Hall–Kier alpha value is 0.257. The van der Waals surface area contributed by atoms with Crippen LogP contribution >= 0.6 is 34.8 Å². The van der Waals surface area contributed by atoms with E-state index in [-0.39, 0.29) is 17.5 Å². The van der Waals surface area contributed by atoms with Crippen molar-refractivity contribution >= 4 is 49.0 Å². The van der Waals surface area contributed by atoms with Crippen LogP contribution in [-0.4, -0.2) is 31.2 Å². The Morgan fingerprint density at radius 1 is 1.14 bits per heavy atom. The zero-order valence-electron chi connectivity index (χ0n) is 13.4. The lowest BCUT2D eigenvalue weighted by Gasteiger charge is -2.36. The number of alkyl halides is 3. The van der Waals surface area contributed by atoms with E-state index in [4.69, 9.17) is 49.4 Å². The standard InChI is InChI=1S/C14H26Cl3NO2Si/c1-13(2,3)21(4,5)20-11-9-7-6-8-10-19-12(18)14(15,16)17/h6,8,18H,7,9-11H2,1-5H3/b8-6-,18-12?. The monoisotopic (exact) mass is 373 g/mol. The molecule has 0 aromatic heterocycles. The van der Waals surface area contributed by atoms with Crippen LogP contribution in [0, 0.1) is 5.41 Å². The summed E-state index contributed by atoms with van der Waals surface area (Å²) in [4.78, 5) is 0. The average molecular weight is 375 g/mol. The van der Waals surface area contributed by atoms with Crippen molar-refractivity contribution in [1.29, 1.82) is 5.41 Å². The fourth-order valence-electron chi connectivity index (χ4n) is 1.14. The maximum Gasteiger partial charge on any atom is 0.265 e. The maximum absolute atomic E-state index is 7.35. The number of halogens is 3. The number of rotatable bonds is 7.